The van der Waals surface area contributed by atoms with Gasteiger partial charge in [-0.15, -0.1) is 0 Å². The highest BCUT2D eigenvalue weighted by Crippen LogP contribution is 2.09. The van der Waals surface area contributed by atoms with Gasteiger partial charge in [-0.2, -0.15) is 0 Å². The van der Waals surface area contributed by atoms with Gasteiger partial charge in [0.25, 0.3) is 5.91 Å². The number of morpholine rings is 1. The average molecular weight is 286 g/mol. The van der Waals surface area contributed by atoms with Crippen LogP contribution in [0.15, 0.2) is 30.5 Å². The Labute approximate surface area is 123 Å². The molecule has 1 fully saturated rings. The van der Waals surface area contributed by atoms with Gasteiger partial charge < -0.3 is 10.1 Å². The molecule has 0 radical (unpaired) electrons. The van der Waals surface area contributed by atoms with Crippen molar-refractivity contribution >= 4 is 16.8 Å². The summed E-state index contributed by atoms with van der Waals surface area (Å²) < 4.78 is 5.29. The lowest BCUT2D eigenvalue weighted by Gasteiger charge is -2.26. The first kappa shape index (κ1) is 13.9. The molecule has 0 aliphatic carbocycles. The Balaban J connectivity index is 1.56. The average Bonchev–Trinajstić information content (AvgIpc) is 2.55. The van der Waals surface area contributed by atoms with Crippen molar-refractivity contribution in [1.82, 2.24) is 20.2 Å². The molecule has 0 saturated carbocycles. The van der Waals surface area contributed by atoms with Crippen LogP contribution >= 0.6 is 0 Å². The molecule has 3 rings (SSSR count). The summed E-state index contributed by atoms with van der Waals surface area (Å²) in [5.41, 5.74) is 0.783. The summed E-state index contributed by atoms with van der Waals surface area (Å²) in [7, 11) is 0. The quantitative estimate of drug-likeness (QED) is 0.896. The summed E-state index contributed by atoms with van der Waals surface area (Å²) in [5.74, 6) is -0.00955. The molecule has 0 bridgehead atoms. The minimum atomic E-state index is -0.228. The SMILES string of the molecule is O=C(NCCN1CCOCC1)c1ncc2ccccc2n1. The Morgan fingerprint density at radius 3 is 2.95 bits per heavy atom. The van der Waals surface area contributed by atoms with E-state index in [2.05, 4.69) is 20.2 Å². The van der Waals surface area contributed by atoms with E-state index in [0.29, 0.717) is 6.54 Å². The fraction of sp³-hybridized carbons (Fsp3) is 0.400. The minimum Gasteiger partial charge on any atom is -0.379 e. The third-order valence-electron chi connectivity index (χ3n) is 3.51. The Hall–Kier alpha value is -2.05. The van der Waals surface area contributed by atoms with E-state index < -0.39 is 0 Å². The van der Waals surface area contributed by atoms with Crippen LogP contribution in [-0.4, -0.2) is 60.2 Å². The number of rotatable bonds is 4. The Morgan fingerprint density at radius 1 is 1.29 bits per heavy atom. The van der Waals surface area contributed by atoms with Crippen LogP contribution in [0.5, 0.6) is 0 Å². The van der Waals surface area contributed by atoms with Crippen LogP contribution in [0.3, 0.4) is 0 Å². The topological polar surface area (TPSA) is 67.4 Å². The van der Waals surface area contributed by atoms with Gasteiger partial charge in [-0.1, -0.05) is 18.2 Å². The molecule has 1 saturated heterocycles. The lowest BCUT2D eigenvalue weighted by molar-refractivity contribution is 0.0383. The molecule has 2 heterocycles. The molecule has 0 unspecified atom stereocenters. The maximum Gasteiger partial charge on any atom is 0.289 e. The standard InChI is InChI=1S/C15H18N4O2/c20-15(16-5-6-19-7-9-21-10-8-19)14-17-11-12-3-1-2-4-13(12)18-14/h1-4,11H,5-10H2,(H,16,20). The molecule has 1 aliphatic heterocycles. The lowest BCUT2D eigenvalue weighted by atomic mass is 10.2. The zero-order chi connectivity index (χ0) is 14.5. The molecule has 2 aromatic rings. The van der Waals surface area contributed by atoms with Crippen LogP contribution in [0.1, 0.15) is 10.6 Å². The summed E-state index contributed by atoms with van der Waals surface area (Å²) in [4.78, 5) is 22.7. The molecule has 1 aliphatic rings. The number of carbonyl (C=O) groups excluding carboxylic acids is 1. The number of carbonyl (C=O) groups is 1. The van der Waals surface area contributed by atoms with Crippen molar-refractivity contribution in [2.75, 3.05) is 39.4 Å². The number of nitrogens with one attached hydrogen (secondary N) is 1. The molecule has 110 valence electrons. The van der Waals surface area contributed by atoms with Crippen molar-refractivity contribution in [3.05, 3.63) is 36.3 Å². The highest BCUT2D eigenvalue weighted by Gasteiger charge is 2.12. The first-order chi connectivity index (χ1) is 10.3. The zero-order valence-corrected chi connectivity index (χ0v) is 11.8. The molecule has 6 heteroatoms. The Kier molecular flexibility index (Phi) is 4.37. The van der Waals surface area contributed by atoms with E-state index in [0.717, 1.165) is 43.8 Å². The number of benzene rings is 1. The smallest absolute Gasteiger partial charge is 0.289 e. The van der Waals surface area contributed by atoms with Crippen molar-refractivity contribution in [2.45, 2.75) is 0 Å². The first-order valence-corrected chi connectivity index (χ1v) is 7.13. The molecule has 1 amide bonds. The monoisotopic (exact) mass is 286 g/mol. The van der Waals surface area contributed by atoms with E-state index >= 15 is 0 Å². The Morgan fingerprint density at radius 2 is 2.10 bits per heavy atom. The second-order valence-corrected chi connectivity index (χ2v) is 4.96. The van der Waals surface area contributed by atoms with E-state index in [-0.39, 0.29) is 11.7 Å². The molecule has 21 heavy (non-hydrogen) atoms. The predicted molar refractivity (Wildman–Crippen MR) is 79.1 cm³/mol. The zero-order valence-electron chi connectivity index (χ0n) is 11.8. The van der Waals surface area contributed by atoms with Crippen molar-refractivity contribution in [2.24, 2.45) is 0 Å². The predicted octanol–water partition coefficient (Wildman–Crippen LogP) is 0.692. The van der Waals surface area contributed by atoms with Gasteiger partial charge in [0.2, 0.25) is 5.82 Å². The number of ether oxygens (including phenoxy) is 1. The van der Waals surface area contributed by atoms with Gasteiger partial charge in [0, 0.05) is 37.8 Å². The van der Waals surface area contributed by atoms with Crippen LogP contribution in [0.4, 0.5) is 0 Å². The van der Waals surface area contributed by atoms with E-state index in [1.54, 1.807) is 6.20 Å². The van der Waals surface area contributed by atoms with E-state index in [1.807, 2.05) is 24.3 Å². The number of fused-ring (bicyclic) bond motifs is 1. The first-order valence-electron chi connectivity index (χ1n) is 7.13. The molecule has 6 nitrogen and oxygen atoms in total. The summed E-state index contributed by atoms with van der Waals surface area (Å²) in [6.45, 7) is 4.78. The van der Waals surface area contributed by atoms with Crippen LogP contribution < -0.4 is 5.32 Å². The number of hydrogen-bond donors (Lipinski definition) is 1. The maximum atomic E-state index is 12.1. The summed E-state index contributed by atoms with van der Waals surface area (Å²) >= 11 is 0. The molecule has 0 atom stereocenters. The normalized spacial score (nSPS) is 16.0. The van der Waals surface area contributed by atoms with Crippen molar-refractivity contribution in [3.8, 4) is 0 Å². The molecule has 1 N–H and O–H groups in total. The summed E-state index contributed by atoms with van der Waals surface area (Å²) in [6, 6.07) is 7.63. The fourth-order valence-corrected chi connectivity index (χ4v) is 2.31. The van der Waals surface area contributed by atoms with Crippen LogP contribution in [-0.2, 0) is 4.74 Å². The van der Waals surface area contributed by atoms with Crippen molar-refractivity contribution in [3.63, 3.8) is 0 Å². The molecule has 1 aromatic heterocycles. The van der Waals surface area contributed by atoms with Gasteiger partial charge >= 0.3 is 0 Å². The summed E-state index contributed by atoms with van der Waals surface area (Å²) in [6.07, 6.45) is 1.68. The molecular weight excluding hydrogens is 268 g/mol. The van der Waals surface area contributed by atoms with E-state index in [9.17, 15) is 4.79 Å². The second-order valence-electron chi connectivity index (χ2n) is 4.96. The molecular formula is C15H18N4O2. The van der Waals surface area contributed by atoms with Gasteiger partial charge in [-0.05, 0) is 6.07 Å². The number of amides is 1. The minimum absolute atomic E-state index is 0.218. The van der Waals surface area contributed by atoms with E-state index in [1.165, 1.54) is 0 Å². The lowest BCUT2D eigenvalue weighted by Crippen LogP contribution is -2.41. The van der Waals surface area contributed by atoms with Gasteiger partial charge in [0.05, 0.1) is 18.7 Å². The third-order valence-corrected chi connectivity index (χ3v) is 3.51. The molecule has 0 spiro atoms. The highest BCUT2D eigenvalue weighted by molar-refractivity contribution is 5.92. The number of para-hydroxylation sites is 1. The van der Waals surface area contributed by atoms with Gasteiger partial charge in [-0.25, -0.2) is 9.97 Å². The maximum absolute atomic E-state index is 12.1. The number of nitrogens with zero attached hydrogens (tertiary/aromatic N) is 3. The third kappa shape index (κ3) is 3.53. The van der Waals surface area contributed by atoms with E-state index in [4.69, 9.17) is 4.74 Å². The largest absolute Gasteiger partial charge is 0.379 e. The fourth-order valence-electron chi connectivity index (χ4n) is 2.31. The highest BCUT2D eigenvalue weighted by atomic mass is 16.5. The van der Waals surface area contributed by atoms with Crippen LogP contribution in [0, 0.1) is 0 Å². The van der Waals surface area contributed by atoms with Gasteiger partial charge in [-0.3, -0.25) is 9.69 Å². The second kappa shape index (κ2) is 6.60. The van der Waals surface area contributed by atoms with Crippen LogP contribution in [0.2, 0.25) is 0 Å². The summed E-state index contributed by atoms with van der Waals surface area (Å²) in [5, 5.41) is 3.80. The number of aromatic nitrogens is 2. The number of hydrogen-bond acceptors (Lipinski definition) is 5. The van der Waals surface area contributed by atoms with Gasteiger partial charge in [0.15, 0.2) is 0 Å². The van der Waals surface area contributed by atoms with Gasteiger partial charge in [0.1, 0.15) is 0 Å². The van der Waals surface area contributed by atoms with Crippen LogP contribution in [0.25, 0.3) is 10.9 Å². The van der Waals surface area contributed by atoms with Crippen molar-refractivity contribution in [1.29, 1.82) is 0 Å². The Bertz CT molecular complexity index is 626. The molecule has 1 aromatic carbocycles. The van der Waals surface area contributed by atoms with Crippen molar-refractivity contribution < 1.29 is 9.53 Å².